The van der Waals surface area contributed by atoms with E-state index < -0.39 is 0 Å². The standard InChI is InChI=1S/C6H12.W/c1-3-5-6-4-2;/h3-4H,5-6H2,1-2H3;/q-2;+2. The van der Waals surface area contributed by atoms with Crippen LogP contribution in [0.25, 0.3) is 0 Å². The molecule has 0 saturated carbocycles. The summed E-state index contributed by atoms with van der Waals surface area (Å²) in [5.41, 5.74) is 0. The van der Waals surface area contributed by atoms with Crippen LogP contribution in [0.2, 0.25) is 0 Å². The molecule has 42 valence electrons. The van der Waals surface area contributed by atoms with Gasteiger partial charge in [0.05, 0.1) is 0 Å². The summed E-state index contributed by atoms with van der Waals surface area (Å²) < 4.78 is 0. The number of hydrogen-bond acceptors (Lipinski definition) is 0. The van der Waals surface area contributed by atoms with E-state index in [0.29, 0.717) is 0 Å². The van der Waals surface area contributed by atoms with Gasteiger partial charge in [-0.15, -0.1) is 0 Å². The van der Waals surface area contributed by atoms with Gasteiger partial charge >= 0.3 is 21.1 Å². The first-order chi connectivity index (χ1) is 2.91. The van der Waals surface area contributed by atoms with Crippen LogP contribution in [0.4, 0.5) is 0 Å². The van der Waals surface area contributed by atoms with Gasteiger partial charge in [0.1, 0.15) is 0 Å². The Morgan fingerprint density at radius 2 is 1.29 bits per heavy atom. The summed E-state index contributed by atoms with van der Waals surface area (Å²) in [7, 11) is 0. The molecule has 0 bridgehead atoms. The van der Waals surface area contributed by atoms with Crippen LogP contribution in [0.5, 0.6) is 0 Å². The Hall–Kier alpha value is 0.688. The van der Waals surface area contributed by atoms with Crippen molar-refractivity contribution in [3.63, 3.8) is 0 Å². The summed E-state index contributed by atoms with van der Waals surface area (Å²) in [6.45, 7) is 4.17. The Bertz CT molecular complexity index is 16.1. The van der Waals surface area contributed by atoms with Crippen LogP contribution in [-0.2, 0) is 21.1 Å². The molecule has 0 nitrogen and oxygen atoms in total. The third-order valence-corrected chi connectivity index (χ3v) is 0.744. The molecule has 0 spiro atoms. The van der Waals surface area contributed by atoms with Crippen molar-refractivity contribution < 1.29 is 21.1 Å². The van der Waals surface area contributed by atoms with Gasteiger partial charge in [-0.2, -0.15) is 13.8 Å². The molecular formula is C6H12W. The van der Waals surface area contributed by atoms with Crippen molar-refractivity contribution in [2.45, 2.75) is 26.7 Å². The molecule has 0 aromatic carbocycles. The van der Waals surface area contributed by atoms with E-state index in [1.165, 1.54) is 12.8 Å². The van der Waals surface area contributed by atoms with Crippen molar-refractivity contribution in [2.75, 3.05) is 0 Å². The quantitative estimate of drug-likeness (QED) is 0.543. The van der Waals surface area contributed by atoms with Crippen molar-refractivity contribution >= 4 is 0 Å². The normalized spacial score (nSPS) is 7.71. The molecule has 0 aliphatic rings. The second-order valence-corrected chi connectivity index (χ2v) is 1.39. The predicted octanol–water partition coefficient (Wildman–Crippen LogP) is 2.21. The number of unbranched alkanes of at least 4 members (excludes halogenated alkanes) is 3. The Labute approximate surface area is 61.0 Å². The van der Waals surface area contributed by atoms with Gasteiger partial charge in [-0.25, -0.2) is 12.8 Å². The predicted molar refractivity (Wildman–Crippen MR) is 29.2 cm³/mol. The van der Waals surface area contributed by atoms with Crippen LogP contribution in [0.1, 0.15) is 26.7 Å². The van der Waals surface area contributed by atoms with Crippen LogP contribution in [0, 0.1) is 12.8 Å². The monoisotopic (exact) mass is 268 g/mol. The third kappa shape index (κ3) is 10.8. The maximum atomic E-state index is 2.18. The fourth-order valence-electron chi connectivity index (χ4n) is 0.333. The van der Waals surface area contributed by atoms with E-state index in [2.05, 4.69) is 26.7 Å². The van der Waals surface area contributed by atoms with Gasteiger partial charge in [-0.05, 0) is 0 Å². The maximum Gasteiger partial charge on any atom is 2.00 e. The Morgan fingerprint density at radius 3 is 1.43 bits per heavy atom. The molecule has 0 aliphatic carbocycles. The molecule has 0 aromatic rings. The molecule has 0 unspecified atom stereocenters. The van der Waals surface area contributed by atoms with Gasteiger partial charge in [0.25, 0.3) is 0 Å². The molecule has 0 heterocycles. The maximum absolute atomic E-state index is 2.18. The molecule has 0 atom stereocenters. The van der Waals surface area contributed by atoms with E-state index in [9.17, 15) is 0 Å². The van der Waals surface area contributed by atoms with Gasteiger partial charge < -0.3 is 12.8 Å². The minimum absolute atomic E-state index is 0. The van der Waals surface area contributed by atoms with Crippen LogP contribution >= 0.6 is 0 Å². The summed E-state index contributed by atoms with van der Waals surface area (Å²) in [4.78, 5) is 0. The summed E-state index contributed by atoms with van der Waals surface area (Å²) in [6.07, 6.45) is 6.83. The van der Waals surface area contributed by atoms with Crippen molar-refractivity contribution in [3.05, 3.63) is 12.8 Å². The van der Waals surface area contributed by atoms with Gasteiger partial charge in [0, 0.05) is 0 Å². The SMILES string of the molecule is C[CH-]CC[CH-]C.[W+2]. The average Bonchev–Trinajstić information content (AvgIpc) is 1.61. The molecule has 0 aliphatic heterocycles. The molecule has 0 rings (SSSR count). The van der Waals surface area contributed by atoms with Crippen LogP contribution in [-0.4, -0.2) is 0 Å². The zero-order chi connectivity index (χ0) is 4.83. The Kier molecular flexibility index (Phi) is 15.0. The van der Waals surface area contributed by atoms with E-state index >= 15 is 0 Å². The summed E-state index contributed by atoms with van der Waals surface area (Å²) in [5.74, 6) is 0. The second kappa shape index (κ2) is 9.85. The molecule has 0 aromatic heterocycles. The topological polar surface area (TPSA) is 0 Å². The van der Waals surface area contributed by atoms with Gasteiger partial charge in [-0.3, -0.25) is 0 Å². The van der Waals surface area contributed by atoms with E-state index in [4.69, 9.17) is 0 Å². The first-order valence-corrected chi connectivity index (χ1v) is 2.47. The van der Waals surface area contributed by atoms with E-state index in [0.717, 1.165) is 0 Å². The Balaban J connectivity index is 0. The first kappa shape index (κ1) is 10.6. The number of rotatable bonds is 3. The summed E-state index contributed by atoms with van der Waals surface area (Å²) in [5, 5.41) is 0. The van der Waals surface area contributed by atoms with Crippen molar-refractivity contribution in [1.29, 1.82) is 0 Å². The molecular weight excluding hydrogens is 256 g/mol. The summed E-state index contributed by atoms with van der Waals surface area (Å²) >= 11 is 0. The van der Waals surface area contributed by atoms with Crippen molar-refractivity contribution in [2.24, 2.45) is 0 Å². The molecule has 0 radical (unpaired) electrons. The fraction of sp³-hybridized carbons (Fsp3) is 0.667. The molecule has 1 heteroatoms. The first-order valence-electron chi connectivity index (χ1n) is 2.47. The Morgan fingerprint density at radius 1 is 1.00 bits per heavy atom. The van der Waals surface area contributed by atoms with Crippen molar-refractivity contribution in [1.82, 2.24) is 0 Å². The zero-order valence-corrected chi connectivity index (χ0v) is 7.91. The van der Waals surface area contributed by atoms with E-state index in [-0.39, 0.29) is 21.1 Å². The van der Waals surface area contributed by atoms with Gasteiger partial charge in [-0.1, -0.05) is 0 Å². The van der Waals surface area contributed by atoms with Crippen LogP contribution < -0.4 is 0 Å². The second-order valence-electron chi connectivity index (χ2n) is 1.39. The van der Waals surface area contributed by atoms with Gasteiger partial charge in [0.2, 0.25) is 0 Å². The van der Waals surface area contributed by atoms with Crippen LogP contribution in [0.3, 0.4) is 0 Å². The van der Waals surface area contributed by atoms with Crippen LogP contribution in [0.15, 0.2) is 0 Å². The van der Waals surface area contributed by atoms with Crippen molar-refractivity contribution in [3.8, 4) is 0 Å². The molecule has 0 N–H and O–H groups in total. The average molecular weight is 268 g/mol. The third-order valence-electron chi connectivity index (χ3n) is 0.744. The molecule has 0 saturated heterocycles. The summed E-state index contributed by atoms with van der Waals surface area (Å²) in [6, 6.07) is 0. The minimum Gasteiger partial charge on any atom is -0.334 e. The smallest absolute Gasteiger partial charge is 0.334 e. The number of hydrogen-bond donors (Lipinski definition) is 0. The molecule has 0 fully saturated rings. The molecule has 0 amide bonds. The van der Waals surface area contributed by atoms with E-state index in [1.807, 2.05) is 0 Å². The minimum atomic E-state index is 0. The molecule has 7 heavy (non-hydrogen) atoms. The van der Waals surface area contributed by atoms with Gasteiger partial charge in [0.15, 0.2) is 0 Å². The zero-order valence-electron chi connectivity index (χ0n) is 4.98. The van der Waals surface area contributed by atoms with E-state index in [1.54, 1.807) is 0 Å². The fourth-order valence-corrected chi connectivity index (χ4v) is 0.333. The largest absolute Gasteiger partial charge is 2.00 e.